The summed E-state index contributed by atoms with van der Waals surface area (Å²) in [5.74, 6) is 0.426. The molecule has 0 unspecified atom stereocenters. The molecule has 0 atom stereocenters. The van der Waals surface area contributed by atoms with E-state index in [9.17, 15) is 4.79 Å². The molecule has 1 heterocycles. The predicted octanol–water partition coefficient (Wildman–Crippen LogP) is 4.35. The number of nitrogens with zero attached hydrogens (tertiary/aromatic N) is 1. The van der Waals surface area contributed by atoms with E-state index in [4.69, 9.17) is 27.9 Å². The van der Waals surface area contributed by atoms with E-state index in [1.165, 1.54) is 12.3 Å². The molecule has 1 aromatic heterocycles. The Morgan fingerprint density at radius 1 is 1.33 bits per heavy atom. The molecule has 1 N–H and O–H groups in total. The van der Waals surface area contributed by atoms with E-state index >= 15 is 0 Å². The third-order valence-electron chi connectivity index (χ3n) is 2.82. The highest BCUT2D eigenvalue weighted by molar-refractivity contribution is 6.35. The number of nitrogens with one attached hydrogen (secondary N) is 1. The van der Waals surface area contributed by atoms with Crippen LogP contribution < -0.4 is 10.1 Å². The first-order chi connectivity index (χ1) is 10.0. The normalized spacial score (nSPS) is 10.3. The van der Waals surface area contributed by atoms with Crippen LogP contribution in [0.1, 0.15) is 22.8 Å². The van der Waals surface area contributed by atoms with Gasteiger partial charge in [-0.25, -0.2) is 4.98 Å². The summed E-state index contributed by atoms with van der Waals surface area (Å²) >= 11 is 11.7. The molecule has 0 radical (unpaired) electrons. The van der Waals surface area contributed by atoms with E-state index in [2.05, 4.69) is 10.3 Å². The molecule has 0 saturated carbocycles. The van der Waals surface area contributed by atoms with Crippen molar-refractivity contribution < 1.29 is 9.53 Å². The van der Waals surface area contributed by atoms with Crippen molar-refractivity contribution >= 4 is 34.8 Å². The predicted molar refractivity (Wildman–Crippen MR) is 84.6 cm³/mol. The molecule has 0 aliphatic carbocycles. The van der Waals surface area contributed by atoms with Gasteiger partial charge in [0.15, 0.2) is 0 Å². The molecule has 2 rings (SSSR count). The molecular weight excluding hydrogens is 311 g/mol. The summed E-state index contributed by atoms with van der Waals surface area (Å²) in [5.41, 5.74) is 1.86. The SMILES string of the molecule is CCOc1ccc(NC(=O)c2cc(Cl)ncc2Cl)c(C)c1. The van der Waals surface area contributed by atoms with Crippen LogP contribution in [0.5, 0.6) is 5.75 Å². The van der Waals surface area contributed by atoms with E-state index < -0.39 is 0 Å². The van der Waals surface area contributed by atoms with Crippen molar-refractivity contribution in [1.29, 1.82) is 0 Å². The summed E-state index contributed by atoms with van der Waals surface area (Å²) in [4.78, 5) is 16.1. The van der Waals surface area contributed by atoms with Crippen molar-refractivity contribution in [3.63, 3.8) is 0 Å². The maximum atomic E-state index is 12.2. The van der Waals surface area contributed by atoms with Crippen molar-refractivity contribution in [2.24, 2.45) is 0 Å². The fraction of sp³-hybridized carbons (Fsp3) is 0.200. The van der Waals surface area contributed by atoms with E-state index in [1.54, 1.807) is 12.1 Å². The topological polar surface area (TPSA) is 51.2 Å². The third kappa shape index (κ3) is 3.86. The Balaban J connectivity index is 2.21. The number of carbonyl (C=O) groups is 1. The zero-order valence-corrected chi connectivity index (χ0v) is 13.1. The second-order valence-electron chi connectivity index (χ2n) is 4.35. The summed E-state index contributed by atoms with van der Waals surface area (Å²) in [7, 11) is 0. The van der Waals surface area contributed by atoms with E-state index in [-0.39, 0.29) is 21.6 Å². The number of ether oxygens (including phenoxy) is 1. The first-order valence-corrected chi connectivity index (χ1v) is 7.12. The van der Waals surface area contributed by atoms with Gasteiger partial charge in [-0.2, -0.15) is 0 Å². The molecule has 0 aliphatic rings. The number of aromatic nitrogens is 1. The molecule has 0 bridgehead atoms. The van der Waals surface area contributed by atoms with Crippen molar-refractivity contribution in [2.45, 2.75) is 13.8 Å². The zero-order valence-electron chi connectivity index (χ0n) is 11.6. The minimum Gasteiger partial charge on any atom is -0.494 e. The molecule has 2 aromatic rings. The molecular formula is C15H14Cl2N2O2. The van der Waals surface area contributed by atoms with Crippen LogP contribution in [0.25, 0.3) is 0 Å². The number of pyridine rings is 1. The number of hydrogen-bond acceptors (Lipinski definition) is 3. The molecule has 1 amide bonds. The lowest BCUT2D eigenvalue weighted by Crippen LogP contribution is -2.13. The first kappa shape index (κ1) is 15.6. The lowest BCUT2D eigenvalue weighted by molar-refractivity contribution is 0.102. The minimum atomic E-state index is -0.337. The molecule has 21 heavy (non-hydrogen) atoms. The summed E-state index contributed by atoms with van der Waals surface area (Å²) in [6.45, 7) is 4.40. The minimum absolute atomic E-state index is 0.216. The van der Waals surface area contributed by atoms with Crippen molar-refractivity contribution in [3.05, 3.63) is 51.8 Å². The Morgan fingerprint density at radius 2 is 2.10 bits per heavy atom. The highest BCUT2D eigenvalue weighted by Crippen LogP contribution is 2.24. The Kier molecular flexibility index (Phi) is 5.04. The molecule has 0 fully saturated rings. The average Bonchev–Trinajstić information content (AvgIpc) is 2.44. The van der Waals surface area contributed by atoms with Gasteiger partial charge in [-0.05, 0) is 43.7 Å². The van der Waals surface area contributed by atoms with E-state index in [0.717, 1.165) is 11.3 Å². The van der Waals surface area contributed by atoms with Gasteiger partial charge in [0.1, 0.15) is 10.9 Å². The second kappa shape index (κ2) is 6.78. The molecule has 110 valence electrons. The lowest BCUT2D eigenvalue weighted by atomic mass is 10.1. The van der Waals surface area contributed by atoms with Gasteiger partial charge in [0.25, 0.3) is 5.91 Å². The van der Waals surface area contributed by atoms with Crippen LogP contribution in [-0.2, 0) is 0 Å². The molecule has 6 heteroatoms. The quantitative estimate of drug-likeness (QED) is 0.851. The van der Waals surface area contributed by atoms with Crippen LogP contribution in [0.4, 0.5) is 5.69 Å². The molecule has 4 nitrogen and oxygen atoms in total. The van der Waals surface area contributed by atoms with Crippen LogP contribution in [0.3, 0.4) is 0 Å². The molecule has 1 aromatic carbocycles. The summed E-state index contributed by atoms with van der Waals surface area (Å²) in [5, 5.41) is 3.26. The van der Waals surface area contributed by atoms with Crippen LogP contribution in [0.15, 0.2) is 30.5 Å². The highest BCUT2D eigenvalue weighted by atomic mass is 35.5. The zero-order chi connectivity index (χ0) is 15.4. The second-order valence-corrected chi connectivity index (χ2v) is 5.15. The van der Waals surface area contributed by atoms with Gasteiger partial charge in [-0.1, -0.05) is 23.2 Å². The summed E-state index contributed by atoms with van der Waals surface area (Å²) < 4.78 is 5.41. The smallest absolute Gasteiger partial charge is 0.257 e. The standard InChI is InChI=1S/C15H14Cl2N2O2/c1-3-21-10-4-5-13(9(2)6-10)19-15(20)11-7-14(17)18-8-12(11)16/h4-8H,3H2,1-2H3,(H,19,20). The van der Waals surface area contributed by atoms with Gasteiger partial charge in [-0.15, -0.1) is 0 Å². The number of benzene rings is 1. The lowest BCUT2D eigenvalue weighted by Gasteiger charge is -2.11. The first-order valence-electron chi connectivity index (χ1n) is 6.37. The summed E-state index contributed by atoms with van der Waals surface area (Å²) in [6.07, 6.45) is 1.35. The van der Waals surface area contributed by atoms with Gasteiger partial charge in [0, 0.05) is 11.9 Å². The van der Waals surface area contributed by atoms with Crippen LogP contribution >= 0.6 is 23.2 Å². The highest BCUT2D eigenvalue weighted by Gasteiger charge is 2.13. The Morgan fingerprint density at radius 3 is 2.76 bits per heavy atom. The van der Waals surface area contributed by atoms with Crippen molar-refractivity contribution in [1.82, 2.24) is 4.98 Å². The van der Waals surface area contributed by atoms with Crippen LogP contribution in [0.2, 0.25) is 10.2 Å². The largest absolute Gasteiger partial charge is 0.494 e. The van der Waals surface area contributed by atoms with Crippen molar-refractivity contribution in [3.8, 4) is 5.75 Å². The number of rotatable bonds is 4. The Hall–Kier alpha value is -1.78. The number of anilines is 1. The Labute approximate surface area is 133 Å². The molecule has 0 spiro atoms. The van der Waals surface area contributed by atoms with Gasteiger partial charge in [-0.3, -0.25) is 4.79 Å². The maximum absolute atomic E-state index is 12.2. The van der Waals surface area contributed by atoms with Crippen LogP contribution in [0, 0.1) is 6.92 Å². The van der Waals surface area contributed by atoms with Gasteiger partial charge in [0.2, 0.25) is 0 Å². The maximum Gasteiger partial charge on any atom is 0.257 e. The van der Waals surface area contributed by atoms with Gasteiger partial charge < -0.3 is 10.1 Å². The van der Waals surface area contributed by atoms with E-state index in [0.29, 0.717) is 12.3 Å². The van der Waals surface area contributed by atoms with E-state index in [1.807, 2.05) is 19.9 Å². The third-order valence-corrected chi connectivity index (χ3v) is 3.33. The fourth-order valence-electron chi connectivity index (χ4n) is 1.81. The molecule has 0 aliphatic heterocycles. The summed E-state index contributed by atoms with van der Waals surface area (Å²) in [6, 6.07) is 6.88. The van der Waals surface area contributed by atoms with Crippen molar-refractivity contribution in [2.75, 3.05) is 11.9 Å². The van der Waals surface area contributed by atoms with Gasteiger partial charge >= 0.3 is 0 Å². The monoisotopic (exact) mass is 324 g/mol. The Bertz CT molecular complexity index is 675. The molecule has 0 saturated heterocycles. The van der Waals surface area contributed by atoms with Gasteiger partial charge in [0.05, 0.1) is 17.2 Å². The van der Waals surface area contributed by atoms with Crippen LogP contribution in [-0.4, -0.2) is 17.5 Å². The number of halogens is 2. The number of aryl methyl sites for hydroxylation is 1. The number of amides is 1. The number of hydrogen-bond donors (Lipinski definition) is 1. The average molecular weight is 325 g/mol. The fourth-order valence-corrected chi connectivity index (χ4v) is 2.16. The number of carbonyl (C=O) groups excluding carboxylic acids is 1.